The lowest BCUT2D eigenvalue weighted by molar-refractivity contribution is -0.138. The van der Waals surface area contributed by atoms with Crippen molar-refractivity contribution in [3.05, 3.63) is 0 Å². The van der Waals surface area contributed by atoms with E-state index in [1.54, 1.807) is 0 Å². The van der Waals surface area contributed by atoms with Gasteiger partial charge in [-0.2, -0.15) is 0 Å². The molecule has 5 nitrogen and oxygen atoms in total. The molecular formula is C12H20O5. The van der Waals surface area contributed by atoms with Gasteiger partial charge in [-0.15, -0.1) is 0 Å². The van der Waals surface area contributed by atoms with Crippen LogP contribution in [0.2, 0.25) is 0 Å². The fraction of sp³-hybridized carbons (Fsp3) is 0.917. The Balaban J connectivity index is 1.64. The van der Waals surface area contributed by atoms with Crippen LogP contribution in [0.1, 0.15) is 32.1 Å². The van der Waals surface area contributed by atoms with E-state index in [0.717, 1.165) is 26.1 Å². The monoisotopic (exact) mass is 244 g/mol. The van der Waals surface area contributed by atoms with Crippen LogP contribution < -0.4 is 0 Å². The third-order valence-electron chi connectivity index (χ3n) is 3.27. The van der Waals surface area contributed by atoms with Crippen molar-refractivity contribution in [2.45, 2.75) is 44.5 Å². The number of carboxylic acids is 1. The fourth-order valence-electron chi connectivity index (χ4n) is 2.33. The van der Waals surface area contributed by atoms with Crippen molar-refractivity contribution in [3.8, 4) is 0 Å². The zero-order valence-corrected chi connectivity index (χ0v) is 9.97. The molecule has 2 rings (SSSR count). The van der Waals surface area contributed by atoms with Crippen LogP contribution in [0.15, 0.2) is 0 Å². The van der Waals surface area contributed by atoms with Gasteiger partial charge in [0.05, 0.1) is 12.7 Å². The topological polar surface area (TPSA) is 65.0 Å². The van der Waals surface area contributed by atoms with Crippen molar-refractivity contribution in [3.63, 3.8) is 0 Å². The fourth-order valence-corrected chi connectivity index (χ4v) is 2.33. The summed E-state index contributed by atoms with van der Waals surface area (Å²) in [5.74, 6) is -0.260. The van der Waals surface area contributed by atoms with Gasteiger partial charge in [0.1, 0.15) is 0 Å². The molecule has 0 spiro atoms. The molecule has 2 aliphatic rings. The molecule has 2 fully saturated rings. The molecule has 3 atom stereocenters. The number of hydrogen-bond donors (Lipinski definition) is 1. The molecule has 0 aromatic rings. The average Bonchev–Trinajstić information content (AvgIpc) is 2.75. The predicted octanol–water partition coefficient (Wildman–Crippen LogP) is 1.41. The van der Waals surface area contributed by atoms with Crippen molar-refractivity contribution in [1.82, 2.24) is 0 Å². The Bertz CT molecular complexity index is 249. The van der Waals surface area contributed by atoms with E-state index in [1.807, 2.05) is 0 Å². The van der Waals surface area contributed by atoms with Gasteiger partial charge in [0, 0.05) is 26.1 Å². The van der Waals surface area contributed by atoms with Gasteiger partial charge in [-0.05, 0) is 25.2 Å². The van der Waals surface area contributed by atoms with E-state index in [-0.39, 0.29) is 18.8 Å². The largest absolute Gasteiger partial charge is 0.481 e. The summed E-state index contributed by atoms with van der Waals surface area (Å²) in [6.45, 7) is 2.18. The summed E-state index contributed by atoms with van der Waals surface area (Å²) in [5.41, 5.74) is 0. The summed E-state index contributed by atoms with van der Waals surface area (Å²) in [5, 5.41) is 8.59. The van der Waals surface area contributed by atoms with Gasteiger partial charge in [0.15, 0.2) is 6.29 Å². The van der Waals surface area contributed by atoms with Gasteiger partial charge >= 0.3 is 5.97 Å². The van der Waals surface area contributed by atoms with Gasteiger partial charge in [-0.3, -0.25) is 4.79 Å². The molecule has 0 bridgehead atoms. The normalized spacial score (nSPS) is 33.8. The molecule has 0 saturated carbocycles. The zero-order chi connectivity index (χ0) is 12.1. The van der Waals surface area contributed by atoms with Crippen LogP contribution in [0.25, 0.3) is 0 Å². The van der Waals surface area contributed by atoms with Crippen molar-refractivity contribution < 1.29 is 24.1 Å². The van der Waals surface area contributed by atoms with E-state index >= 15 is 0 Å². The molecule has 17 heavy (non-hydrogen) atoms. The van der Waals surface area contributed by atoms with Gasteiger partial charge in [-0.1, -0.05) is 0 Å². The second-order valence-corrected chi connectivity index (χ2v) is 4.77. The second-order valence-electron chi connectivity index (χ2n) is 4.77. The van der Waals surface area contributed by atoms with Crippen molar-refractivity contribution >= 4 is 5.97 Å². The van der Waals surface area contributed by atoms with E-state index in [9.17, 15) is 4.79 Å². The molecule has 1 N–H and O–H groups in total. The van der Waals surface area contributed by atoms with Crippen LogP contribution >= 0.6 is 0 Å². The van der Waals surface area contributed by atoms with E-state index in [2.05, 4.69) is 0 Å². The van der Waals surface area contributed by atoms with Crippen LogP contribution in [0, 0.1) is 5.92 Å². The summed E-state index contributed by atoms with van der Waals surface area (Å²) in [4.78, 5) is 10.4. The molecule has 0 aliphatic carbocycles. The van der Waals surface area contributed by atoms with Crippen LogP contribution in [-0.2, 0) is 19.0 Å². The van der Waals surface area contributed by atoms with E-state index < -0.39 is 5.97 Å². The maximum atomic E-state index is 10.4. The van der Waals surface area contributed by atoms with Crippen LogP contribution in [0.4, 0.5) is 0 Å². The van der Waals surface area contributed by atoms with E-state index in [4.69, 9.17) is 19.3 Å². The smallest absolute Gasteiger partial charge is 0.303 e. The Kier molecular flexibility index (Phi) is 4.76. The number of carbonyl (C=O) groups is 1. The highest BCUT2D eigenvalue weighted by Crippen LogP contribution is 2.25. The zero-order valence-electron chi connectivity index (χ0n) is 9.97. The molecular weight excluding hydrogens is 224 g/mol. The number of hydrogen-bond acceptors (Lipinski definition) is 4. The molecule has 2 aliphatic heterocycles. The Morgan fingerprint density at radius 1 is 1.35 bits per heavy atom. The minimum Gasteiger partial charge on any atom is -0.481 e. The Morgan fingerprint density at radius 3 is 2.94 bits per heavy atom. The van der Waals surface area contributed by atoms with Crippen molar-refractivity contribution in [2.24, 2.45) is 5.92 Å². The van der Waals surface area contributed by atoms with E-state index in [1.165, 1.54) is 6.42 Å². The van der Waals surface area contributed by atoms with Crippen LogP contribution in [-0.4, -0.2) is 43.3 Å². The first-order chi connectivity index (χ1) is 8.24. The first-order valence-corrected chi connectivity index (χ1v) is 6.30. The predicted molar refractivity (Wildman–Crippen MR) is 59.6 cm³/mol. The maximum Gasteiger partial charge on any atom is 0.303 e. The van der Waals surface area contributed by atoms with Crippen molar-refractivity contribution in [1.29, 1.82) is 0 Å². The third kappa shape index (κ3) is 4.26. The Hall–Kier alpha value is -0.650. The quantitative estimate of drug-likeness (QED) is 0.792. The van der Waals surface area contributed by atoms with Crippen molar-refractivity contribution in [2.75, 3.05) is 19.8 Å². The highest BCUT2D eigenvalue weighted by atomic mass is 16.7. The molecule has 98 valence electrons. The summed E-state index contributed by atoms with van der Waals surface area (Å²) in [7, 11) is 0. The molecule has 0 radical (unpaired) electrons. The Morgan fingerprint density at radius 2 is 2.24 bits per heavy atom. The number of ether oxygens (including phenoxy) is 3. The average molecular weight is 244 g/mol. The van der Waals surface area contributed by atoms with E-state index in [0.29, 0.717) is 18.9 Å². The molecule has 0 amide bonds. The molecule has 2 saturated heterocycles. The Labute approximate surface area is 101 Å². The SMILES string of the molecule is O=C(O)CCC1COC(CC2CCCOC2)O1. The third-order valence-corrected chi connectivity index (χ3v) is 3.27. The minimum atomic E-state index is -0.780. The van der Waals surface area contributed by atoms with Gasteiger partial charge in [-0.25, -0.2) is 0 Å². The molecule has 5 heteroatoms. The maximum absolute atomic E-state index is 10.4. The summed E-state index contributed by atoms with van der Waals surface area (Å²) >= 11 is 0. The minimum absolute atomic E-state index is 0.0550. The molecule has 0 aromatic heterocycles. The van der Waals surface area contributed by atoms with Crippen LogP contribution in [0.3, 0.4) is 0 Å². The molecule has 0 aromatic carbocycles. The lowest BCUT2D eigenvalue weighted by Crippen LogP contribution is -2.23. The standard InChI is InChI=1S/C12H20O5/c13-11(14)4-3-10-8-16-12(17-10)6-9-2-1-5-15-7-9/h9-10,12H,1-8H2,(H,13,14). The first-order valence-electron chi connectivity index (χ1n) is 6.30. The number of rotatable bonds is 5. The first kappa shape index (κ1) is 12.8. The van der Waals surface area contributed by atoms with Gasteiger partial charge < -0.3 is 19.3 Å². The highest BCUT2D eigenvalue weighted by Gasteiger charge is 2.29. The summed E-state index contributed by atoms with van der Waals surface area (Å²) in [6, 6.07) is 0. The number of aliphatic carboxylic acids is 1. The van der Waals surface area contributed by atoms with Gasteiger partial charge in [0.2, 0.25) is 0 Å². The summed E-state index contributed by atoms with van der Waals surface area (Å²) in [6.07, 6.45) is 3.60. The van der Waals surface area contributed by atoms with Gasteiger partial charge in [0.25, 0.3) is 0 Å². The highest BCUT2D eigenvalue weighted by molar-refractivity contribution is 5.66. The molecule has 2 heterocycles. The van der Waals surface area contributed by atoms with Crippen LogP contribution in [0.5, 0.6) is 0 Å². The lowest BCUT2D eigenvalue weighted by Gasteiger charge is -2.24. The molecule has 3 unspecified atom stereocenters. The lowest BCUT2D eigenvalue weighted by atomic mass is 9.98. The second kappa shape index (κ2) is 6.33. The number of carboxylic acid groups (broad SMARTS) is 1. The summed E-state index contributed by atoms with van der Waals surface area (Å²) < 4.78 is 16.6.